The summed E-state index contributed by atoms with van der Waals surface area (Å²) in [6, 6.07) is 6.17. The van der Waals surface area contributed by atoms with Gasteiger partial charge < -0.3 is 14.2 Å². The zero-order valence-electron chi connectivity index (χ0n) is 14.9. The number of hydrogen-bond acceptors (Lipinski definition) is 5. The maximum Gasteiger partial charge on any atom is 0.438 e. The fraction of sp³-hybridized carbons (Fsp3) is 0.222. The zero-order chi connectivity index (χ0) is 21.4. The molecule has 2 aromatic carbocycles. The van der Waals surface area contributed by atoms with E-state index in [-0.39, 0.29) is 22.8 Å². The van der Waals surface area contributed by atoms with Crippen molar-refractivity contribution in [3.05, 3.63) is 47.7 Å². The summed E-state index contributed by atoms with van der Waals surface area (Å²) in [4.78, 5) is 7.04. The Morgan fingerprint density at radius 2 is 1.28 bits per heavy atom. The van der Waals surface area contributed by atoms with Crippen molar-refractivity contribution >= 4 is 11.0 Å². The molecule has 0 fully saturated rings. The Kier molecular flexibility index (Phi) is 5.16. The molecular formula is C18H12F6N2O3. The van der Waals surface area contributed by atoms with Crippen LogP contribution < -0.4 is 14.2 Å². The maximum atomic E-state index is 13.5. The number of ether oxygens (including phenoxy) is 3. The molecule has 0 saturated heterocycles. The minimum absolute atomic E-state index is 0.0905. The van der Waals surface area contributed by atoms with Crippen molar-refractivity contribution in [2.75, 3.05) is 14.2 Å². The molecule has 0 atom stereocenters. The van der Waals surface area contributed by atoms with Crippen molar-refractivity contribution in [3.63, 3.8) is 0 Å². The van der Waals surface area contributed by atoms with Crippen molar-refractivity contribution in [2.45, 2.75) is 12.4 Å². The number of halogens is 6. The van der Waals surface area contributed by atoms with E-state index in [0.29, 0.717) is 12.1 Å². The molecule has 0 spiro atoms. The standard InChI is InChI=1S/C18H12F6N2O3/c1-27-10-6-11(28-2)8-12(7-10)29-16-15(18(22,23)24)25-14-5-9(17(19,20)21)3-4-13(14)26-16/h3-8H,1-2H3. The van der Waals surface area contributed by atoms with Gasteiger partial charge in [0, 0.05) is 18.2 Å². The SMILES string of the molecule is COc1cc(OC)cc(Oc2nc3ccc(C(F)(F)F)cc3nc2C(F)(F)F)c1. The predicted molar refractivity (Wildman–Crippen MR) is 89.2 cm³/mol. The normalized spacial score (nSPS) is 12.1. The highest BCUT2D eigenvalue weighted by atomic mass is 19.4. The van der Waals surface area contributed by atoms with Crippen LogP contribution in [0.3, 0.4) is 0 Å². The molecule has 0 aliphatic carbocycles. The van der Waals surface area contributed by atoms with Crippen molar-refractivity contribution < 1.29 is 40.6 Å². The summed E-state index contributed by atoms with van der Waals surface area (Å²) >= 11 is 0. The lowest BCUT2D eigenvalue weighted by Gasteiger charge is -2.15. The van der Waals surface area contributed by atoms with Gasteiger partial charge in [-0.1, -0.05) is 0 Å². The molecular weight excluding hydrogens is 406 g/mol. The molecule has 0 aliphatic heterocycles. The fourth-order valence-corrected chi connectivity index (χ4v) is 2.42. The molecule has 0 amide bonds. The summed E-state index contributed by atoms with van der Waals surface area (Å²) < 4.78 is 94.2. The quantitative estimate of drug-likeness (QED) is 0.526. The van der Waals surface area contributed by atoms with Gasteiger partial charge in [-0.05, 0) is 18.2 Å². The highest BCUT2D eigenvalue weighted by Crippen LogP contribution is 2.39. The third-order valence-electron chi connectivity index (χ3n) is 3.77. The summed E-state index contributed by atoms with van der Waals surface area (Å²) in [6.07, 6.45) is -9.76. The minimum Gasteiger partial charge on any atom is -0.496 e. The number of alkyl halides is 6. The highest BCUT2D eigenvalue weighted by Gasteiger charge is 2.39. The average Bonchev–Trinajstić information content (AvgIpc) is 2.65. The lowest BCUT2D eigenvalue weighted by atomic mass is 10.2. The first-order valence-corrected chi connectivity index (χ1v) is 7.88. The zero-order valence-corrected chi connectivity index (χ0v) is 14.9. The van der Waals surface area contributed by atoms with E-state index < -0.39 is 35.0 Å². The van der Waals surface area contributed by atoms with E-state index in [1.165, 1.54) is 32.4 Å². The van der Waals surface area contributed by atoms with Crippen LogP contribution in [0.2, 0.25) is 0 Å². The molecule has 3 aromatic rings. The van der Waals surface area contributed by atoms with Gasteiger partial charge in [0.1, 0.15) is 17.2 Å². The van der Waals surface area contributed by atoms with E-state index in [1.807, 2.05) is 0 Å². The topological polar surface area (TPSA) is 53.5 Å². The molecule has 1 heterocycles. The van der Waals surface area contributed by atoms with E-state index in [1.54, 1.807) is 0 Å². The van der Waals surface area contributed by atoms with Crippen LogP contribution in [0.1, 0.15) is 11.3 Å². The van der Waals surface area contributed by atoms with E-state index in [0.717, 1.165) is 6.07 Å². The van der Waals surface area contributed by atoms with Crippen LogP contribution in [-0.4, -0.2) is 24.2 Å². The summed E-state index contributed by atoms with van der Waals surface area (Å²) in [5.74, 6) is -0.514. The Balaban J connectivity index is 2.14. The number of nitrogens with zero attached hydrogens (tertiary/aromatic N) is 2. The number of hydrogen-bond donors (Lipinski definition) is 0. The summed E-state index contributed by atoms with van der Waals surface area (Å²) in [5, 5.41) is 0. The molecule has 0 saturated carbocycles. The van der Waals surface area contributed by atoms with Crippen molar-refractivity contribution in [1.29, 1.82) is 0 Å². The van der Waals surface area contributed by atoms with Gasteiger partial charge in [0.15, 0.2) is 0 Å². The average molecular weight is 418 g/mol. The first-order chi connectivity index (χ1) is 13.5. The van der Waals surface area contributed by atoms with Crippen molar-refractivity contribution in [2.24, 2.45) is 0 Å². The lowest BCUT2D eigenvalue weighted by Crippen LogP contribution is -2.12. The number of rotatable bonds is 4. The van der Waals surface area contributed by atoms with Gasteiger partial charge in [-0.15, -0.1) is 0 Å². The first-order valence-electron chi connectivity index (χ1n) is 7.88. The van der Waals surface area contributed by atoms with Gasteiger partial charge in [-0.2, -0.15) is 26.3 Å². The molecule has 0 unspecified atom stereocenters. The Hall–Kier alpha value is -3.24. The van der Waals surface area contributed by atoms with Gasteiger partial charge in [-0.25, -0.2) is 9.97 Å². The van der Waals surface area contributed by atoms with Crippen LogP contribution in [0.5, 0.6) is 23.1 Å². The fourth-order valence-electron chi connectivity index (χ4n) is 2.42. The molecule has 3 rings (SSSR count). The molecule has 0 bridgehead atoms. The van der Waals surface area contributed by atoms with Crippen molar-refractivity contribution in [1.82, 2.24) is 9.97 Å². The molecule has 0 radical (unpaired) electrons. The third kappa shape index (κ3) is 4.44. The molecule has 0 N–H and O–H groups in total. The van der Waals surface area contributed by atoms with Crippen molar-refractivity contribution in [3.8, 4) is 23.1 Å². The minimum atomic E-state index is -5.02. The summed E-state index contributed by atoms with van der Waals surface area (Å²) in [6.45, 7) is 0. The Bertz CT molecular complexity index is 1030. The number of fused-ring (bicyclic) bond motifs is 1. The molecule has 5 nitrogen and oxygen atoms in total. The second-order valence-corrected chi connectivity index (χ2v) is 5.73. The first kappa shape index (κ1) is 20.5. The van der Waals surface area contributed by atoms with Gasteiger partial charge in [-0.3, -0.25) is 0 Å². The molecule has 154 valence electrons. The Morgan fingerprint density at radius 1 is 0.690 bits per heavy atom. The van der Waals surface area contributed by atoms with Gasteiger partial charge >= 0.3 is 12.4 Å². The van der Waals surface area contributed by atoms with E-state index in [9.17, 15) is 26.3 Å². The number of aromatic nitrogens is 2. The molecule has 0 aliphatic rings. The smallest absolute Gasteiger partial charge is 0.438 e. The Morgan fingerprint density at radius 3 is 1.79 bits per heavy atom. The van der Waals surface area contributed by atoms with Gasteiger partial charge in [0.05, 0.1) is 30.8 Å². The van der Waals surface area contributed by atoms with Crippen LogP contribution >= 0.6 is 0 Å². The van der Waals surface area contributed by atoms with Crippen LogP contribution in [0.4, 0.5) is 26.3 Å². The molecule has 29 heavy (non-hydrogen) atoms. The second kappa shape index (κ2) is 7.30. The van der Waals surface area contributed by atoms with E-state index in [2.05, 4.69) is 9.97 Å². The van der Waals surface area contributed by atoms with Gasteiger partial charge in [0.25, 0.3) is 5.88 Å². The van der Waals surface area contributed by atoms with E-state index >= 15 is 0 Å². The largest absolute Gasteiger partial charge is 0.496 e. The summed E-state index contributed by atoms with van der Waals surface area (Å²) in [7, 11) is 2.68. The molecule has 1 aromatic heterocycles. The Labute approximate surface area is 159 Å². The maximum absolute atomic E-state index is 13.5. The van der Waals surface area contributed by atoms with Crippen LogP contribution in [0, 0.1) is 0 Å². The van der Waals surface area contributed by atoms with E-state index in [4.69, 9.17) is 14.2 Å². The number of benzene rings is 2. The second-order valence-electron chi connectivity index (χ2n) is 5.73. The lowest BCUT2D eigenvalue weighted by molar-refractivity contribution is -0.142. The molecule has 11 heteroatoms. The van der Waals surface area contributed by atoms with Crippen LogP contribution in [0.25, 0.3) is 11.0 Å². The third-order valence-corrected chi connectivity index (χ3v) is 3.77. The monoisotopic (exact) mass is 418 g/mol. The van der Waals surface area contributed by atoms with Gasteiger partial charge in [0.2, 0.25) is 5.69 Å². The van der Waals surface area contributed by atoms with Crippen LogP contribution in [-0.2, 0) is 12.4 Å². The number of methoxy groups -OCH3 is 2. The highest BCUT2D eigenvalue weighted by molar-refractivity contribution is 5.76. The predicted octanol–water partition coefficient (Wildman–Crippen LogP) is 5.48. The van der Waals surface area contributed by atoms with Crippen LogP contribution in [0.15, 0.2) is 36.4 Å². The summed E-state index contributed by atoms with van der Waals surface area (Å²) in [5.41, 5.74) is -3.47.